The number of nitrogens with one attached hydrogen (secondary N) is 1. The maximum atomic E-state index is 12.9. The molecule has 6 heteroatoms. The molecule has 208 valence electrons. The van der Waals surface area contributed by atoms with Crippen LogP contribution in [0.15, 0.2) is 71.7 Å². The third-order valence-electron chi connectivity index (χ3n) is 8.13. The zero-order chi connectivity index (χ0) is 28.7. The molecule has 0 radical (unpaired) electrons. The van der Waals surface area contributed by atoms with E-state index in [4.69, 9.17) is 4.74 Å². The SMILES string of the molecule is CC1Oc2ccc(C3=c4ccccc4=c4ccc5c(c4C3)CCCC=5)cc2N(C(C)C)C1=O.Cc1cn[nH]c(=O)c1. The Bertz CT molecular complexity index is 1940. The Kier molecular flexibility index (Phi) is 7.08. The summed E-state index contributed by atoms with van der Waals surface area (Å²) in [6.07, 6.45) is 7.99. The number of amides is 1. The summed E-state index contributed by atoms with van der Waals surface area (Å²) in [7, 11) is 0. The predicted molar refractivity (Wildman–Crippen MR) is 162 cm³/mol. The van der Waals surface area contributed by atoms with Crippen molar-refractivity contribution in [2.24, 2.45) is 0 Å². The van der Waals surface area contributed by atoms with Gasteiger partial charge >= 0.3 is 0 Å². The summed E-state index contributed by atoms with van der Waals surface area (Å²) in [5.74, 6) is 0.815. The van der Waals surface area contributed by atoms with E-state index in [1.165, 1.54) is 62.0 Å². The molecule has 3 aromatic carbocycles. The maximum Gasteiger partial charge on any atom is 0.268 e. The first-order valence-corrected chi connectivity index (χ1v) is 14.4. The fourth-order valence-electron chi connectivity index (χ4n) is 6.25. The van der Waals surface area contributed by atoms with Gasteiger partial charge in [0.1, 0.15) is 5.75 Å². The van der Waals surface area contributed by atoms with Crippen molar-refractivity contribution < 1.29 is 9.53 Å². The Morgan fingerprint density at radius 1 is 0.976 bits per heavy atom. The van der Waals surface area contributed by atoms with Crippen LogP contribution >= 0.6 is 0 Å². The third-order valence-corrected chi connectivity index (χ3v) is 8.13. The number of rotatable bonds is 2. The fourth-order valence-corrected chi connectivity index (χ4v) is 6.25. The number of nitrogens with zero attached hydrogens (tertiary/aromatic N) is 2. The summed E-state index contributed by atoms with van der Waals surface area (Å²) in [4.78, 5) is 25.2. The van der Waals surface area contributed by atoms with Crippen LogP contribution in [-0.4, -0.2) is 28.3 Å². The smallest absolute Gasteiger partial charge is 0.268 e. The number of benzene rings is 3. The fraction of sp³-hybridized carbons (Fsp3) is 0.286. The van der Waals surface area contributed by atoms with Crippen molar-refractivity contribution in [3.05, 3.63) is 120 Å². The Labute approximate surface area is 239 Å². The molecule has 1 atom stereocenters. The molecule has 0 spiro atoms. The molecule has 7 rings (SSSR count). The number of hydrogen-bond donors (Lipinski definition) is 1. The second-order valence-electron chi connectivity index (χ2n) is 11.3. The summed E-state index contributed by atoms with van der Waals surface area (Å²) in [6, 6.07) is 21.3. The molecule has 0 fully saturated rings. The van der Waals surface area contributed by atoms with Gasteiger partial charge in [0.05, 0.1) is 11.9 Å². The molecule has 0 saturated heterocycles. The third kappa shape index (κ3) is 4.99. The maximum absolute atomic E-state index is 12.9. The van der Waals surface area contributed by atoms with E-state index in [2.05, 4.69) is 78.7 Å². The van der Waals surface area contributed by atoms with E-state index in [1.807, 2.05) is 24.8 Å². The van der Waals surface area contributed by atoms with Crippen LogP contribution in [0.4, 0.5) is 5.69 Å². The molecule has 1 N–H and O–H groups in total. The highest BCUT2D eigenvalue weighted by molar-refractivity contribution is 6.00. The van der Waals surface area contributed by atoms with Crippen molar-refractivity contribution in [1.29, 1.82) is 0 Å². The highest BCUT2D eigenvalue weighted by Crippen LogP contribution is 2.38. The highest BCUT2D eigenvalue weighted by Gasteiger charge is 2.33. The number of anilines is 1. The van der Waals surface area contributed by atoms with Crippen LogP contribution in [0, 0.1) is 17.4 Å². The van der Waals surface area contributed by atoms with Crippen LogP contribution in [0.25, 0.3) is 11.6 Å². The lowest BCUT2D eigenvalue weighted by molar-refractivity contribution is -0.125. The van der Waals surface area contributed by atoms with Gasteiger partial charge in [-0.05, 0) is 114 Å². The van der Waals surface area contributed by atoms with E-state index in [0.717, 1.165) is 29.8 Å². The lowest BCUT2D eigenvalue weighted by Gasteiger charge is -2.36. The topological polar surface area (TPSA) is 75.3 Å². The summed E-state index contributed by atoms with van der Waals surface area (Å²) in [5, 5.41) is 11.2. The van der Waals surface area contributed by atoms with Gasteiger partial charge in [-0.2, -0.15) is 5.10 Å². The van der Waals surface area contributed by atoms with Crippen molar-refractivity contribution in [2.45, 2.75) is 65.5 Å². The van der Waals surface area contributed by atoms with Crippen molar-refractivity contribution >= 4 is 23.2 Å². The molecule has 1 aromatic heterocycles. The molecule has 2 heterocycles. The molecule has 2 aliphatic carbocycles. The first-order chi connectivity index (χ1) is 19.8. The number of carbonyl (C=O) groups excluding carboxylic acids is 1. The molecule has 3 aliphatic rings. The van der Waals surface area contributed by atoms with Crippen molar-refractivity contribution in [1.82, 2.24) is 10.2 Å². The van der Waals surface area contributed by atoms with Gasteiger partial charge in [-0.3, -0.25) is 9.59 Å². The summed E-state index contributed by atoms with van der Waals surface area (Å²) < 4.78 is 5.96. The number of ether oxygens (including phenoxy) is 1. The number of aromatic amines is 1. The minimum absolute atomic E-state index is 0.0265. The molecule has 0 saturated carbocycles. The number of aromatic nitrogens is 2. The summed E-state index contributed by atoms with van der Waals surface area (Å²) >= 11 is 0. The molecule has 4 aromatic rings. The highest BCUT2D eigenvalue weighted by atomic mass is 16.5. The molecular formula is C35H35N3O3. The lowest BCUT2D eigenvalue weighted by atomic mass is 9.84. The van der Waals surface area contributed by atoms with Crippen LogP contribution < -0.4 is 25.6 Å². The number of H-pyrrole nitrogens is 1. The first-order valence-electron chi connectivity index (χ1n) is 14.4. The second kappa shape index (κ2) is 10.8. The molecular weight excluding hydrogens is 510 g/mol. The zero-order valence-corrected chi connectivity index (χ0v) is 24.0. The van der Waals surface area contributed by atoms with E-state index in [1.54, 1.807) is 6.20 Å². The predicted octanol–water partition coefficient (Wildman–Crippen LogP) is 4.45. The van der Waals surface area contributed by atoms with E-state index in [0.29, 0.717) is 0 Å². The molecule has 0 bridgehead atoms. The van der Waals surface area contributed by atoms with Gasteiger partial charge in [-0.25, -0.2) is 5.10 Å². The largest absolute Gasteiger partial charge is 0.479 e. The van der Waals surface area contributed by atoms with Crippen LogP contribution in [0.5, 0.6) is 5.75 Å². The lowest BCUT2D eigenvalue weighted by Crippen LogP contribution is -2.47. The first kappa shape index (κ1) is 26.8. The molecule has 1 amide bonds. The average Bonchev–Trinajstić information content (AvgIpc) is 2.97. The Balaban J connectivity index is 0.000000328. The number of fused-ring (bicyclic) bond motifs is 5. The Morgan fingerprint density at radius 2 is 1.78 bits per heavy atom. The van der Waals surface area contributed by atoms with Crippen molar-refractivity contribution in [3.63, 3.8) is 0 Å². The van der Waals surface area contributed by atoms with Gasteiger partial charge in [-0.15, -0.1) is 0 Å². The van der Waals surface area contributed by atoms with Gasteiger partial charge in [0.15, 0.2) is 6.10 Å². The minimum Gasteiger partial charge on any atom is -0.479 e. The molecule has 1 aliphatic heterocycles. The van der Waals surface area contributed by atoms with Crippen LogP contribution in [0.2, 0.25) is 0 Å². The summed E-state index contributed by atoms with van der Waals surface area (Å²) in [5.41, 5.74) is 7.09. The van der Waals surface area contributed by atoms with E-state index >= 15 is 0 Å². The van der Waals surface area contributed by atoms with Gasteiger partial charge in [0, 0.05) is 12.1 Å². The van der Waals surface area contributed by atoms with Crippen LogP contribution in [0.1, 0.15) is 55.9 Å². The molecule has 1 unspecified atom stereocenters. The van der Waals surface area contributed by atoms with Gasteiger partial charge < -0.3 is 9.64 Å². The van der Waals surface area contributed by atoms with E-state index in [9.17, 15) is 9.59 Å². The van der Waals surface area contributed by atoms with E-state index < -0.39 is 6.10 Å². The molecule has 6 nitrogen and oxygen atoms in total. The Morgan fingerprint density at radius 3 is 2.51 bits per heavy atom. The summed E-state index contributed by atoms with van der Waals surface area (Å²) in [6.45, 7) is 7.78. The van der Waals surface area contributed by atoms with Gasteiger partial charge in [-0.1, -0.05) is 48.5 Å². The average molecular weight is 546 g/mol. The standard InChI is InChI=1S/C30H29NO2.C5H6N2O/c1-18(2)31-28-16-21(13-15-29(28)33-19(3)30(31)32)26-17-27-22-9-5-4-8-20(22)12-14-25(27)23-10-6-7-11-24(23)26;1-4-2-5(8)7-6-3-4/h6-8,10-16,18-19H,4-5,9,17H2,1-3H3;2-3H,1H3,(H,7,8). The van der Waals surface area contributed by atoms with E-state index in [-0.39, 0.29) is 17.5 Å². The monoisotopic (exact) mass is 545 g/mol. The normalized spacial score (nSPS) is 16.8. The number of aryl methyl sites for hydroxylation is 1. The number of hydrogen-bond acceptors (Lipinski definition) is 4. The van der Waals surface area contributed by atoms with Gasteiger partial charge in [0.25, 0.3) is 11.5 Å². The molecule has 41 heavy (non-hydrogen) atoms. The van der Waals surface area contributed by atoms with Crippen LogP contribution in [0.3, 0.4) is 0 Å². The van der Waals surface area contributed by atoms with Gasteiger partial charge in [0.2, 0.25) is 0 Å². The van der Waals surface area contributed by atoms with Crippen LogP contribution in [-0.2, 0) is 17.6 Å². The number of carbonyl (C=O) groups is 1. The Hall–Kier alpha value is -4.45. The van der Waals surface area contributed by atoms with Crippen molar-refractivity contribution in [3.8, 4) is 5.75 Å². The van der Waals surface area contributed by atoms with Crippen molar-refractivity contribution in [2.75, 3.05) is 4.90 Å². The minimum atomic E-state index is -0.455. The second-order valence-corrected chi connectivity index (χ2v) is 11.3. The quantitative estimate of drug-likeness (QED) is 0.404. The zero-order valence-electron chi connectivity index (χ0n) is 24.0.